The summed E-state index contributed by atoms with van der Waals surface area (Å²) >= 11 is 0. The van der Waals surface area contributed by atoms with Gasteiger partial charge in [0, 0.05) is 11.6 Å². The maximum Gasteiger partial charge on any atom is 0.0155 e. The van der Waals surface area contributed by atoms with Crippen molar-refractivity contribution < 1.29 is 0 Å². The van der Waals surface area contributed by atoms with Gasteiger partial charge >= 0.3 is 0 Å². The third-order valence-electron chi connectivity index (χ3n) is 2.59. The first kappa shape index (κ1) is 9.05. The van der Waals surface area contributed by atoms with Crippen LogP contribution >= 0.6 is 0 Å². The molecule has 1 nitrogen and oxygen atoms in total. The topological polar surface area (TPSA) is 12.0 Å². The van der Waals surface area contributed by atoms with Gasteiger partial charge in [0.25, 0.3) is 0 Å². The minimum absolute atomic E-state index is 0.451. The van der Waals surface area contributed by atoms with E-state index in [2.05, 4.69) is 26.1 Å². The van der Waals surface area contributed by atoms with Crippen molar-refractivity contribution in [3.8, 4) is 0 Å². The summed E-state index contributed by atoms with van der Waals surface area (Å²) in [5, 5.41) is 3.66. The lowest BCUT2D eigenvalue weighted by molar-refractivity contribution is 0.238. The quantitative estimate of drug-likeness (QED) is 0.646. The minimum Gasteiger partial charge on any atom is -0.309 e. The fourth-order valence-electron chi connectivity index (χ4n) is 2.17. The van der Waals surface area contributed by atoms with Crippen molar-refractivity contribution in [1.82, 2.24) is 5.32 Å². The molecule has 0 spiro atoms. The van der Waals surface area contributed by atoms with E-state index in [1.165, 1.54) is 32.1 Å². The van der Waals surface area contributed by atoms with Crippen LogP contribution in [-0.2, 0) is 0 Å². The van der Waals surface area contributed by atoms with Crippen LogP contribution in [-0.4, -0.2) is 11.6 Å². The van der Waals surface area contributed by atoms with E-state index in [9.17, 15) is 0 Å². The Bertz CT molecular complexity index is 112. The molecule has 0 aromatic rings. The van der Waals surface area contributed by atoms with Crippen LogP contribution in [0.1, 0.15) is 52.9 Å². The molecule has 1 aliphatic carbocycles. The van der Waals surface area contributed by atoms with E-state index >= 15 is 0 Å². The van der Waals surface area contributed by atoms with Gasteiger partial charge in [-0.1, -0.05) is 33.1 Å². The number of nitrogens with one attached hydrogen (secondary N) is 1. The molecular formula is C10H21N. The normalized spacial score (nSPS) is 24.0. The highest BCUT2D eigenvalue weighted by Gasteiger charge is 2.26. The highest BCUT2D eigenvalue weighted by atomic mass is 15.0. The van der Waals surface area contributed by atoms with E-state index < -0.39 is 0 Å². The van der Waals surface area contributed by atoms with Crippen molar-refractivity contribution in [2.24, 2.45) is 0 Å². The fraction of sp³-hybridized carbons (Fsp3) is 1.00. The first-order valence-electron chi connectivity index (χ1n) is 4.90. The van der Waals surface area contributed by atoms with Crippen molar-refractivity contribution in [2.75, 3.05) is 0 Å². The standard InChI is InChI=1S/C10H21N/c1-9(2)11-10(3)7-5-4-6-8-10/h9,11H,4-8H2,1-3H3. The Balaban J connectivity index is 2.37. The summed E-state index contributed by atoms with van der Waals surface area (Å²) in [4.78, 5) is 0. The van der Waals surface area contributed by atoms with Gasteiger partial charge < -0.3 is 5.32 Å². The van der Waals surface area contributed by atoms with Crippen LogP contribution in [0.25, 0.3) is 0 Å². The van der Waals surface area contributed by atoms with Gasteiger partial charge in [-0.25, -0.2) is 0 Å². The molecule has 1 saturated carbocycles. The van der Waals surface area contributed by atoms with Crippen LogP contribution in [0.4, 0.5) is 0 Å². The van der Waals surface area contributed by atoms with Crippen molar-refractivity contribution >= 4 is 0 Å². The van der Waals surface area contributed by atoms with Gasteiger partial charge in [-0.2, -0.15) is 0 Å². The Morgan fingerprint density at radius 3 is 2.09 bits per heavy atom. The van der Waals surface area contributed by atoms with E-state index in [4.69, 9.17) is 0 Å². The maximum absolute atomic E-state index is 3.66. The average molecular weight is 155 g/mol. The molecule has 1 aliphatic rings. The number of hydrogen-bond donors (Lipinski definition) is 1. The summed E-state index contributed by atoms with van der Waals surface area (Å²) in [6, 6.07) is 0.637. The molecule has 0 radical (unpaired) electrons. The molecule has 0 amide bonds. The zero-order valence-electron chi connectivity index (χ0n) is 8.11. The predicted octanol–water partition coefficient (Wildman–Crippen LogP) is 2.71. The second-order valence-electron chi connectivity index (χ2n) is 4.42. The zero-order valence-corrected chi connectivity index (χ0v) is 8.11. The molecule has 0 aromatic carbocycles. The van der Waals surface area contributed by atoms with Crippen LogP contribution in [0.5, 0.6) is 0 Å². The monoisotopic (exact) mass is 155 g/mol. The average Bonchev–Trinajstić information content (AvgIpc) is 1.85. The van der Waals surface area contributed by atoms with Gasteiger partial charge in [0.2, 0.25) is 0 Å². The van der Waals surface area contributed by atoms with Gasteiger partial charge in [0.15, 0.2) is 0 Å². The highest BCUT2D eigenvalue weighted by molar-refractivity contribution is 4.87. The molecule has 0 saturated heterocycles. The summed E-state index contributed by atoms with van der Waals surface area (Å²) in [6.07, 6.45) is 7.00. The third-order valence-corrected chi connectivity index (χ3v) is 2.59. The zero-order chi connectivity index (χ0) is 8.32. The van der Waals surface area contributed by atoms with Crippen LogP contribution in [0, 0.1) is 0 Å². The van der Waals surface area contributed by atoms with E-state index in [1.54, 1.807) is 0 Å². The maximum atomic E-state index is 3.66. The predicted molar refractivity (Wildman–Crippen MR) is 49.8 cm³/mol. The molecule has 0 aliphatic heterocycles. The molecule has 11 heavy (non-hydrogen) atoms. The first-order valence-corrected chi connectivity index (χ1v) is 4.90. The summed E-state index contributed by atoms with van der Waals surface area (Å²) in [6.45, 7) is 6.84. The van der Waals surface area contributed by atoms with E-state index in [0.29, 0.717) is 11.6 Å². The minimum atomic E-state index is 0.451. The highest BCUT2D eigenvalue weighted by Crippen LogP contribution is 2.27. The van der Waals surface area contributed by atoms with Crippen LogP contribution in [0.15, 0.2) is 0 Å². The molecule has 0 heterocycles. The lowest BCUT2D eigenvalue weighted by Gasteiger charge is -2.36. The Morgan fingerprint density at radius 1 is 1.09 bits per heavy atom. The number of hydrogen-bond acceptors (Lipinski definition) is 1. The third kappa shape index (κ3) is 2.82. The molecule has 1 N–H and O–H groups in total. The van der Waals surface area contributed by atoms with E-state index in [0.717, 1.165) is 0 Å². The summed E-state index contributed by atoms with van der Waals surface area (Å²) < 4.78 is 0. The summed E-state index contributed by atoms with van der Waals surface area (Å²) in [7, 11) is 0. The van der Waals surface area contributed by atoms with Crippen molar-refractivity contribution in [3.63, 3.8) is 0 Å². The smallest absolute Gasteiger partial charge is 0.0155 e. The molecule has 0 unspecified atom stereocenters. The molecule has 0 aromatic heterocycles. The summed E-state index contributed by atoms with van der Waals surface area (Å²) in [5.74, 6) is 0. The van der Waals surface area contributed by atoms with Crippen LogP contribution < -0.4 is 5.32 Å². The second kappa shape index (κ2) is 3.57. The molecular weight excluding hydrogens is 134 g/mol. The lowest BCUT2D eigenvalue weighted by atomic mass is 9.83. The Labute approximate surface area is 70.6 Å². The van der Waals surface area contributed by atoms with Crippen LogP contribution in [0.2, 0.25) is 0 Å². The summed E-state index contributed by atoms with van der Waals surface area (Å²) in [5.41, 5.74) is 0.451. The van der Waals surface area contributed by atoms with Gasteiger partial charge in [-0.3, -0.25) is 0 Å². The van der Waals surface area contributed by atoms with E-state index in [-0.39, 0.29) is 0 Å². The molecule has 0 atom stereocenters. The molecule has 1 fully saturated rings. The van der Waals surface area contributed by atoms with Crippen molar-refractivity contribution in [2.45, 2.75) is 64.5 Å². The van der Waals surface area contributed by atoms with Gasteiger partial charge in [-0.05, 0) is 19.8 Å². The van der Waals surface area contributed by atoms with Crippen LogP contribution in [0.3, 0.4) is 0 Å². The number of rotatable bonds is 2. The van der Waals surface area contributed by atoms with Crippen molar-refractivity contribution in [1.29, 1.82) is 0 Å². The Hall–Kier alpha value is -0.0400. The Kier molecular flexibility index (Phi) is 2.94. The second-order valence-corrected chi connectivity index (χ2v) is 4.42. The van der Waals surface area contributed by atoms with Gasteiger partial charge in [0.05, 0.1) is 0 Å². The molecule has 0 bridgehead atoms. The largest absolute Gasteiger partial charge is 0.309 e. The van der Waals surface area contributed by atoms with Gasteiger partial charge in [0.1, 0.15) is 0 Å². The molecule has 1 rings (SSSR count). The fourth-order valence-corrected chi connectivity index (χ4v) is 2.17. The van der Waals surface area contributed by atoms with E-state index in [1.807, 2.05) is 0 Å². The van der Waals surface area contributed by atoms with Gasteiger partial charge in [-0.15, -0.1) is 0 Å². The lowest BCUT2D eigenvalue weighted by Crippen LogP contribution is -2.47. The molecule has 66 valence electrons. The first-order chi connectivity index (χ1) is 5.12. The van der Waals surface area contributed by atoms with Crippen molar-refractivity contribution in [3.05, 3.63) is 0 Å². The Morgan fingerprint density at radius 2 is 1.64 bits per heavy atom. The SMILES string of the molecule is CC(C)NC1(C)CCCCC1. The molecule has 1 heteroatoms.